The van der Waals surface area contributed by atoms with E-state index in [9.17, 15) is 4.79 Å². The molecule has 0 radical (unpaired) electrons. The fraction of sp³-hybridized carbons (Fsp3) is 0.474. The number of nitrogens with one attached hydrogen (secondary N) is 1. The van der Waals surface area contributed by atoms with E-state index in [4.69, 9.17) is 4.74 Å². The monoisotopic (exact) mass is 314 g/mol. The molecule has 0 unspecified atom stereocenters. The molecule has 0 fully saturated rings. The quantitative estimate of drug-likeness (QED) is 0.713. The highest BCUT2D eigenvalue weighted by atomic mass is 16.5. The van der Waals surface area contributed by atoms with Gasteiger partial charge >= 0.3 is 0 Å². The highest BCUT2D eigenvalue weighted by Gasteiger charge is 2.16. The van der Waals surface area contributed by atoms with Gasteiger partial charge in [0.15, 0.2) is 0 Å². The molecule has 0 bridgehead atoms. The number of hydrogen-bond acceptors (Lipinski definition) is 3. The zero-order chi connectivity index (χ0) is 16.7. The van der Waals surface area contributed by atoms with Crippen LogP contribution in [0.2, 0.25) is 0 Å². The van der Waals surface area contributed by atoms with Crippen LogP contribution in [-0.4, -0.2) is 17.5 Å². The first-order valence-corrected chi connectivity index (χ1v) is 8.52. The molecule has 0 aliphatic carbocycles. The topological polar surface area (TPSA) is 51.2 Å². The number of hydrogen-bond donors (Lipinski definition) is 1. The zero-order valence-electron chi connectivity index (χ0n) is 14.3. The van der Waals surface area contributed by atoms with E-state index in [0.29, 0.717) is 6.61 Å². The van der Waals surface area contributed by atoms with Crippen molar-refractivity contribution in [1.29, 1.82) is 0 Å². The number of pyridine rings is 1. The number of aromatic nitrogens is 1. The Hall–Kier alpha value is -2.10. The van der Waals surface area contributed by atoms with E-state index in [1.165, 1.54) is 0 Å². The predicted molar refractivity (Wildman–Crippen MR) is 94.8 cm³/mol. The van der Waals surface area contributed by atoms with Crippen molar-refractivity contribution in [3.8, 4) is 5.75 Å². The van der Waals surface area contributed by atoms with Crippen molar-refractivity contribution in [2.75, 3.05) is 11.9 Å². The summed E-state index contributed by atoms with van der Waals surface area (Å²) in [5.41, 5.74) is 1.60. The summed E-state index contributed by atoms with van der Waals surface area (Å²) in [6, 6.07) is 7.65. The summed E-state index contributed by atoms with van der Waals surface area (Å²) in [6.07, 6.45) is 5.55. The zero-order valence-corrected chi connectivity index (χ0v) is 14.3. The molecule has 0 aliphatic heterocycles. The van der Waals surface area contributed by atoms with Crippen molar-refractivity contribution < 1.29 is 9.53 Å². The van der Waals surface area contributed by atoms with Gasteiger partial charge in [0.1, 0.15) is 11.3 Å². The van der Waals surface area contributed by atoms with Crippen LogP contribution < -0.4 is 10.1 Å². The van der Waals surface area contributed by atoms with E-state index in [1.807, 2.05) is 38.1 Å². The van der Waals surface area contributed by atoms with Gasteiger partial charge in [-0.3, -0.25) is 9.78 Å². The smallest absolute Gasteiger partial charge is 0.227 e. The second-order valence-electron chi connectivity index (χ2n) is 5.72. The van der Waals surface area contributed by atoms with E-state index in [0.717, 1.165) is 48.0 Å². The molecule has 4 nitrogen and oxygen atoms in total. The summed E-state index contributed by atoms with van der Waals surface area (Å²) >= 11 is 0. The Morgan fingerprint density at radius 2 is 2.00 bits per heavy atom. The number of fused-ring (bicyclic) bond motifs is 1. The Kier molecular flexibility index (Phi) is 6.39. The molecule has 2 rings (SSSR count). The number of carbonyl (C=O) groups excluding carboxylic acids is 1. The maximum absolute atomic E-state index is 12.4. The van der Waals surface area contributed by atoms with Crippen molar-refractivity contribution in [1.82, 2.24) is 4.98 Å². The molecule has 124 valence electrons. The Balaban J connectivity index is 2.28. The number of unbranched alkanes of at least 4 members (excludes halogenated alkanes) is 1. The van der Waals surface area contributed by atoms with E-state index in [-0.39, 0.29) is 11.8 Å². The lowest BCUT2D eigenvalue weighted by atomic mass is 10.0. The third kappa shape index (κ3) is 4.21. The molecule has 1 aromatic carbocycles. The molecule has 4 heteroatoms. The van der Waals surface area contributed by atoms with Gasteiger partial charge in [0.05, 0.1) is 12.3 Å². The van der Waals surface area contributed by atoms with Crippen molar-refractivity contribution in [2.45, 2.75) is 46.5 Å². The van der Waals surface area contributed by atoms with Crippen LogP contribution in [0.25, 0.3) is 10.9 Å². The van der Waals surface area contributed by atoms with E-state index in [2.05, 4.69) is 17.2 Å². The lowest BCUT2D eigenvalue weighted by molar-refractivity contribution is -0.120. The molecule has 1 aromatic heterocycles. The van der Waals surface area contributed by atoms with E-state index in [1.54, 1.807) is 6.20 Å². The molecule has 0 saturated carbocycles. The van der Waals surface area contributed by atoms with Crippen LogP contribution in [0.4, 0.5) is 5.69 Å². The van der Waals surface area contributed by atoms with Gasteiger partial charge in [-0.25, -0.2) is 0 Å². The van der Waals surface area contributed by atoms with Crippen molar-refractivity contribution >= 4 is 22.5 Å². The number of anilines is 1. The first kappa shape index (κ1) is 17.3. The van der Waals surface area contributed by atoms with Gasteiger partial charge in [0, 0.05) is 17.5 Å². The second-order valence-corrected chi connectivity index (χ2v) is 5.72. The SMILES string of the molecule is CCCCOc1ccc(NC(=O)C(CC)CC)c2cccnc12. The molecule has 1 heterocycles. The van der Waals surface area contributed by atoms with Crippen LogP contribution in [0, 0.1) is 5.92 Å². The van der Waals surface area contributed by atoms with Gasteiger partial charge in [-0.2, -0.15) is 0 Å². The number of carbonyl (C=O) groups is 1. The average Bonchev–Trinajstić information content (AvgIpc) is 2.58. The Labute approximate surface area is 138 Å². The lowest BCUT2D eigenvalue weighted by Gasteiger charge is -2.15. The normalized spacial score (nSPS) is 11.0. The summed E-state index contributed by atoms with van der Waals surface area (Å²) in [5.74, 6) is 0.886. The average molecular weight is 314 g/mol. The molecular formula is C19H26N2O2. The molecule has 0 saturated heterocycles. The van der Waals surface area contributed by atoms with Crippen molar-refractivity contribution in [3.05, 3.63) is 30.5 Å². The minimum absolute atomic E-state index is 0.0437. The largest absolute Gasteiger partial charge is 0.491 e. The maximum atomic E-state index is 12.4. The third-order valence-corrected chi connectivity index (χ3v) is 4.10. The number of benzene rings is 1. The molecule has 23 heavy (non-hydrogen) atoms. The Bertz CT molecular complexity index is 651. The standard InChI is InChI=1S/C19H26N2O2/c1-4-7-13-23-17-11-10-16(15-9-8-12-20-18(15)17)21-19(22)14(5-2)6-3/h8-12,14H,4-7,13H2,1-3H3,(H,21,22). The van der Waals surface area contributed by atoms with Crippen LogP contribution in [0.3, 0.4) is 0 Å². The van der Waals surface area contributed by atoms with Crippen LogP contribution >= 0.6 is 0 Å². The van der Waals surface area contributed by atoms with Crippen LogP contribution in [0.5, 0.6) is 5.75 Å². The van der Waals surface area contributed by atoms with Gasteiger partial charge in [0.2, 0.25) is 5.91 Å². The van der Waals surface area contributed by atoms with Crippen LogP contribution in [0.1, 0.15) is 46.5 Å². The number of amides is 1. The first-order valence-electron chi connectivity index (χ1n) is 8.52. The lowest BCUT2D eigenvalue weighted by Crippen LogP contribution is -2.21. The molecular weight excluding hydrogens is 288 g/mol. The number of rotatable bonds is 8. The number of nitrogens with zero attached hydrogens (tertiary/aromatic N) is 1. The van der Waals surface area contributed by atoms with Gasteiger partial charge in [-0.05, 0) is 43.5 Å². The van der Waals surface area contributed by atoms with Crippen LogP contribution in [-0.2, 0) is 4.79 Å². The summed E-state index contributed by atoms with van der Waals surface area (Å²) in [5, 5.41) is 3.96. The van der Waals surface area contributed by atoms with Crippen LogP contribution in [0.15, 0.2) is 30.5 Å². The summed E-state index contributed by atoms with van der Waals surface area (Å²) < 4.78 is 5.83. The number of ether oxygens (including phenoxy) is 1. The Morgan fingerprint density at radius 1 is 1.22 bits per heavy atom. The third-order valence-electron chi connectivity index (χ3n) is 4.10. The predicted octanol–water partition coefficient (Wildman–Crippen LogP) is 4.79. The fourth-order valence-corrected chi connectivity index (χ4v) is 2.59. The van der Waals surface area contributed by atoms with E-state index < -0.39 is 0 Å². The van der Waals surface area contributed by atoms with Gasteiger partial charge in [-0.15, -0.1) is 0 Å². The molecule has 1 N–H and O–H groups in total. The molecule has 0 aliphatic rings. The second kappa shape index (κ2) is 8.51. The van der Waals surface area contributed by atoms with Crippen molar-refractivity contribution in [2.24, 2.45) is 5.92 Å². The summed E-state index contributed by atoms with van der Waals surface area (Å²) in [6.45, 7) is 6.90. The summed E-state index contributed by atoms with van der Waals surface area (Å²) in [4.78, 5) is 16.8. The molecule has 2 aromatic rings. The molecule has 1 amide bonds. The Morgan fingerprint density at radius 3 is 2.70 bits per heavy atom. The van der Waals surface area contributed by atoms with E-state index >= 15 is 0 Å². The maximum Gasteiger partial charge on any atom is 0.227 e. The minimum Gasteiger partial charge on any atom is -0.491 e. The van der Waals surface area contributed by atoms with Gasteiger partial charge in [-0.1, -0.05) is 27.2 Å². The molecule has 0 atom stereocenters. The van der Waals surface area contributed by atoms with Gasteiger partial charge < -0.3 is 10.1 Å². The minimum atomic E-state index is 0.0437. The summed E-state index contributed by atoms with van der Waals surface area (Å²) in [7, 11) is 0. The first-order chi connectivity index (χ1) is 11.2. The fourth-order valence-electron chi connectivity index (χ4n) is 2.59. The molecule has 0 spiro atoms. The highest BCUT2D eigenvalue weighted by Crippen LogP contribution is 2.30. The van der Waals surface area contributed by atoms with Gasteiger partial charge in [0.25, 0.3) is 0 Å². The highest BCUT2D eigenvalue weighted by molar-refractivity contribution is 6.03. The van der Waals surface area contributed by atoms with Crippen molar-refractivity contribution in [3.63, 3.8) is 0 Å².